The van der Waals surface area contributed by atoms with E-state index in [-0.39, 0.29) is 0 Å². The predicted octanol–water partition coefficient (Wildman–Crippen LogP) is 3.37. The average Bonchev–Trinajstić information content (AvgIpc) is 2.66. The molecule has 0 saturated carbocycles. The highest BCUT2D eigenvalue weighted by Gasteiger charge is 2.16. The number of nitrogens with zero attached hydrogens (tertiary/aromatic N) is 1. The van der Waals surface area contributed by atoms with Crippen molar-refractivity contribution in [2.24, 2.45) is 0 Å². The van der Waals surface area contributed by atoms with Crippen molar-refractivity contribution in [1.82, 2.24) is 5.32 Å². The van der Waals surface area contributed by atoms with E-state index < -0.39 is 11.8 Å². The van der Waals surface area contributed by atoms with Crippen molar-refractivity contribution in [3.8, 4) is 0 Å². The van der Waals surface area contributed by atoms with Crippen LogP contribution in [0.25, 0.3) is 0 Å². The zero-order valence-electron chi connectivity index (χ0n) is 17.0. The Morgan fingerprint density at radius 3 is 2.50 bits per heavy atom. The lowest BCUT2D eigenvalue weighted by atomic mass is 9.98. The maximum absolute atomic E-state index is 12.1. The summed E-state index contributed by atoms with van der Waals surface area (Å²) in [5.41, 5.74) is 6.63. The van der Waals surface area contributed by atoms with Gasteiger partial charge in [-0.15, -0.1) is 0 Å². The Morgan fingerprint density at radius 1 is 1.04 bits per heavy atom. The molecule has 3 rings (SSSR count). The van der Waals surface area contributed by atoms with Crippen LogP contribution in [-0.4, -0.2) is 31.4 Å². The van der Waals surface area contributed by atoms with Crippen LogP contribution in [0.2, 0.25) is 0 Å². The van der Waals surface area contributed by atoms with Gasteiger partial charge in [0.05, 0.1) is 0 Å². The Kier molecular flexibility index (Phi) is 6.34. The number of aryl methyl sites for hydroxylation is 3. The molecule has 1 heterocycles. The number of hydrogen-bond donors (Lipinski definition) is 2. The zero-order valence-corrected chi connectivity index (χ0v) is 17.0. The van der Waals surface area contributed by atoms with Gasteiger partial charge in [-0.3, -0.25) is 9.59 Å². The van der Waals surface area contributed by atoms with Crippen LogP contribution in [0.3, 0.4) is 0 Å². The first kappa shape index (κ1) is 19.9. The van der Waals surface area contributed by atoms with Crippen molar-refractivity contribution in [3.05, 3.63) is 58.7 Å². The van der Waals surface area contributed by atoms with Gasteiger partial charge in [-0.1, -0.05) is 18.2 Å². The quantitative estimate of drug-likeness (QED) is 0.783. The molecule has 0 spiro atoms. The molecule has 0 atom stereocenters. The Labute approximate surface area is 167 Å². The van der Waals surface area contributed by atoms with E-state index in [0.717, 1.165) is 30.6 Å². The Hall–Kier alpha value is -2.82. The lowest BCUT2D eigenvalue weighted by molar-refractivity contribution is -0.136. The van der Waals surface area contributed by atoms with Gasteiger partial charge < -0.3 is 15.5 Å². The molecular weight excluding hydrogens is 350 g/mol. The molecular formula is C23H29N3O2. The first-order valence-corrected chi connectivity index (χ1v) is 10.0. The minimum Gasteiger partial charge on any atom is -0.372 e. The first-order valence-electron chi connectivity index (χ1n) is 10.0. The summed E-state index contributed by atoms with van der Waals surface area (Å²) in [5.74, 6) is -1.23. The topological polar surface area (TPSA) is 61.4 Å². The molecule has 1 aliphatic heterocycles. The van der Waals surface area contributed by atoms with E-state index >= 15 is 0 Å². The molecule has 28 heavy (non-hydrogen) atoms. The summed E-state index contributed by atoms with van der Waals surface area (Å²) in [6, 6.07) is 12.3. The Morgan fingerprint density at radius 2 is 1.79 bits per heavy atom. The molecule has 2 N–H and O–H groups in total. The fraction of sp³-hybridized carbons (Fsp3) is 0.391. The number of amides is 2. The van der Waals surface area contributed by atoms with Gasteiger partial charge in [-0.2, -0.15) is 0 Å². The molecule has 5 nitrogen and oxygen atoms in total. The van der Waals surface area contributed by atoms with Crippen LogP contribution < -0.4 is 15.5 Å². The van der Waals surface area contributed by atoms with Crippen LogP contribution >= 0.6 is 0 Å². The van der Waals surface area contributed by atoms with E-state index in [9.17, 15) is 9.59 Å². The highest BCUT2D eigenvalue weighted by atomic mass is 16.2. The highest BCUT2D eigenvalue weighted by molar-refractivity contribution is 6.39. The summed E-state index contributed by atoms with van der Waals surface area (Å²) in [7, 11) is 0. The van der Waals surface area contributed by atoms with E-state index in [1.165, 1.54) is 23.2 Å². The smallest absolute Gasteiger partial charge is 0.313 e. The van der Waals surface area contributed by atoms with Crippen LogP contribution in [0, 0.1) is 13.8 Å². The number of fused-ring (bicyclic) bond motifs is 1. The van der Waals surface area contributed by atoms with Crippen molar-refractivity contribution < 1.29 is 9.59 Å². The van der Waals surface area contributed by atoms with Crippen LogP contribution in [0.4, 0.5) is 11.4 Å². The summed E-state index contributed by atoms with van der Waals surface area (Å²) >= 11 is 0. The Bertz CT molecular complexity index is 856. The molecule has 148 valence electrons. The average molecular weight is 380 g/mol. The predicted molar refractivity (Wildman–Crippen MR) is 114 cm³/mol. The second-order valence-electron chi connectivity index (χ2n) is 7.48. The molecule has 0 radical (unpaired) electrons. The van der Waals surface area contributed by atoms with Crippen molar-refractivity contribution >= 4 is 23.2 Å². The molecule has 0 bridgehead atoms. The lowest BCUT2D eigenvalue weighted by Crippen LogP contribution is -2.36. The third-order valence-corrected chi connectivity index (χ3v) is 5.13. The normalized spacial score (nSPS) is 13.0. The van der Waals surface area contributed by atoms with Crippen LogP contribution in [-0.2, 0) is 22.4 Å². The number of benzene rings is 2. The number of carbonyl (C=O) groups excluding carboxylic acids is 2. The number of carbonyl (C=O) groups is 2. The van der Waals surface area contributed by atoms with Crippen molar-refractivity contribution in [3.63, 3.8) is 0 Å². The monoisotopic (exact) mass is 379 g/mol. The van der Waals surface area contributed by atoms with Gasteiger partial charge in [0.1, 0.15) is 0 Å². The fourth-order valence-electron chi connectivity index (χ4n) is 3.85. The zero-order chi connectivity index (χ0) is 20.1. The SMILES string of the molecule is CCN1CCCc2cc(CCNC(=O)C(=O)Nc3cc(C)cc(C)c3)ccc21. The third-order valence-electron chi connectivity index (χ3n) is 5.13. The minimum absolute atomic E-state index is 0.440. The standard InChI is InChI=1S/C23H29N3O2/c1-4-26-11-5-6-19-15-18(7-8-21(19)26)9-10-24-22(27)23(28)25-20-13-16(2)12-17(3)14-20/h7-8,12-15H,4-6,9-11H2,1-3H3,(H,24,27)(H,25,28). The molecule has 0 fully saturated rings. The fourth-order valence-corrected chi connectivity index (χ4v) is 3.85. The molecule has 5 heteroatoms. The van der Waals surface area contributed by atoms with Gasteiger partial charge in [0, 0.05) is 31.0 Å². The molecule has 0 aliphatic carbocycles. The summed E-state index contributed by atoms with van der Waals surface area (Å²) in [5, 5.41) is 5.39. The maximum Gasteiger partial charge on any atom is 0.313 e. The van der Waals surface area contributed by atoms with E-state index in [0.29, 0.717) is 18.7 Å². The van der Waals surface area contributed by atoms with Gasteiger partial charge in [0.2, 0.25) is 0 Å². The number of nitrogens with one attached hydrogen (secondary N) is 2. The molecule has 0 saturated heterocycles. The number of anilines is 2. The van der Waals surface area contributed by atoms with Gasteiger partial charge in [0.25, 0.3) is 0 Å². The summed E-state index contributed by atoms with van der Waals surface area (Å²) in [4.78, 5) is 26.6. The van der Waals surface area contributed by atoms with Gasteiger partial charge >= 0.3 is 11.8 Å². The van der Waals surface area contributed by atoms with Gasteiger partial charge in [-0.05, 0) is 80.5 Å². The molecule has 0 aromatic heterocycles. The second-order valence-corrected chi connectivity index (χ2v) is 7.48. The second kappa shape index (κ2) is 8.91. The van der Waals surface area contributed by atoms with Crippen LogP contribution in [0.15, 0.2) is 36.4 Å². The number of hydrogen-bond acceptors (Lipinski definition) is 3. The summed E-state index contributed by atoms with van der Waals surface area (Å²) in [6.07, 6.45) is 2.99. The molecule has 1 aliphatic rings. The molecule has 2 aromatic carbocycles. The van der Waals surface area contributed by atoms with Crippen molar-refractivity contribution in [2.75, 3.05) is 29.9 Å². The van der Waals surface area contributed by atoms with E-state index in [1.807, 2.05) is 32.0 Å². The van der Waals surface area contributed by atoms with Crippen LogP contribution in [0.1, 0.15) is 35.6 Å². The maximum atomic E-state index is 12.1. The summed E-state index contributed by atoms with van der Waals surface area (Å²) in [6.45, 7) is 8.69. The first-order chi connectivity index (χ1) is 13.5. The summed E-state index contributed by atoms with van der Waals surface area (Å²) < 4.78 is 0. The van der Waals surface area contributed by atoms with E-state index in [1.54, 1.807) is 0 Å². The van der Waals surface area contributed by atoms with Crippen molar-refractivity contribution in [2.45, 2.75) is 40.0 Å². The van der Waals surface area contributed by atoms with Crippen LogP contribution in [0.5, 0.6) is 0 Å². The number of rotatable bonds is 5. The van der Waals surface area contributed by atoms with Gasteiger partial charge in [-0.25, -0.2) is 0 Å². The Balaban J connectivity index is 1.51. The molecule has 2 aromatic rings. The highest BCUT2D eigenvalue weighted by Crippen LogP contribution is 2.27. The van der Waals surface area contributed by atoms with E-state index in [2.05, 4.69) is 40.7 Å². The lowest BCUT2D eigenvalue weighted by Gasteiger charge is -2.30. The van der Waals surface area contributed by atoms with Crippen molar-refractivity contribution in [1.29, 1.82) is 0 Å². The largest absolute Gasteiger partial charge is 0.372 e. The minimum atomic E-state index is -0.631. The van der Waals surface area contributed by atoms with E-state index in [4.69, 9.17) is 0 Å². The third kappa shape index (κ3) is 4.91. The van der Waals surface area contributed by atoms with Gasteiger partial charge in [0.15, 0.2) is 0 Å². The molecule has 2 amide bonds. The molecule has 0 unspecified atom stereocenters.